The number of halogens is 1. The van der Waals surface area contributed by atoms with Gasteiger partial charge in [-0.3, -0.25) is 14.3 Å². The van der Waals surface area contributed by atoms with Crippen LogP contribution in [0.5, 0.6) is 0 Å². The minimum atomic E-state index is -0.279. The molecule has 2 aromatic heterocycles. The minimum absolute atomic E-state index is 0.00181. The van der Waals surface area contributed by atoms with Crippen LogP contribution in [0.2, 0.25) is 5.02 Å². The molecule has 3 aromatic rings. The third-order valence-corrected chi connectivity index (χ3v) is 5.72. The zero-order valence-corrected chi connectivity index (χ0v) is 18.7. The molecule has 1 aliphatic rings. The Balaban J connectivity index is 1.38. The lowest BCUT2D eigenvalue weighted by molar-refractivity contribution is -0.117. The molecule has 0 radical (unpaired) electrons. The molecule has 1 fully saturated rings. The molecule has 0 atom stereocenters. The predicted molar refractivity (Wildman–Crippen MR) is 126 cm³/mol. The number of hydrogen-bond acceptors (Lipinski definition) is 4. The van der Waals surface area contributed by atoms with E-state index in [9.17, 15) is 9.59 Å². The highest BCUT2D eigenvalue weighted by Gasteiger charge is 2.29. The van der Waals surface area contributed by atoms with Crippen LogP contribution in [0.1, 0.15) is 35.4 Å². The monoisotopic (exact) mass is 449 g/mol. The van der Waals surface area contributed by atoms with Gasteiger partial charge in [0.1, 0.15) is 5.82 Å². The average Bonchev–Trinajstić information content (AvgIpc) is 3.58. The molecular formula is C24H24ClN5O2. The van der Waals surface area contributed by atoms with Crippen molar-refractivity contribution in [2.75, 3.05) is 10.6 Å². The smallest absolute Gasteiger partial charge is 0.248 e. The van der Waals surface area contributed by atoms with Crippen molar-refractivity contribution in [3.05, 3.63) is 76.2 Å². The molecule has 1 saturated carbocycles. The summed E-state index contributed by atoms with van der Waals surface area (Å²) in [6.07, 6.45) is 6.62. The second kappa shape index (κ2) is 9.36. The van der Waals surface area contributed by atoms with Gasteiger partial charge in [0.25, 0.3) is 0 Å². The molecule has 8 heteroatoms. The Morgan fingerprint density at radius 1 is 1.16 bits per heavy atom. The van der Waals surface area contributed by atoms with Gasteiger partial charge in [0.2, 0.25) is 11.8 Å². The van der Waals surface area contributed by atoms with Gasteiger partial charge in [0, 0.05) is 28.3 Å². The van der Waals surface area contributed by atoms with E-state index in [2.05, 4.69) is 20.7 Å². The second-order valence-corrected chi connectivity index (χ2v) is 8.26. The third kappa shape index (κ3) is 5.23. The fraction of sp³-hybridized carbons (Fsp3) is 0.250. The molecular weight excluding hydrogens is 426 g/mol. The molecule has 4 rings (SSSR count). The van der Waals surface area contributed by atoms with Crippen LogP contribution in [-0.4, -0.2) is 26.6 Å². The maximum absolute atomic E-state index is 12.4. The van der Waals surface area contributed by atoms with Crippen LogP contribution in [0.15, 0.2) is 48.7 Å². The topological polar surface area (TPSA) is 88.9 Å². The number of hydrogen-bond donors (Lipinski definition) is 2. The lowest BCUT2D eigenvalue weighted by Gasteiger charge is -2.07. The highest BCUT2D eigenvalue weighted by atomic mass is 35.5. The van der Waals surface area contributed by atoms with Crippen molar-refractivity contribution in [3.63, 3.8) is 0 Å². The van der Waals surface area contributed by atoms with Gasteiger partial charge in [0.05, 0.1) is 24.1 Å². The number of benzene rings is 1. The van der Waals surface area contributed by atoms with Crippen molar-refractivity contribution in [1.82, 2.24) is 14.8 Å². The van der Waals surface area contributed by atoms with Crippen LogP contribution in [0.25, 0.3) is 6.08 Å². The zero-order valence-electron chi connectivity index (χ0n) is 17.9. The molecule has 0 saturated heterocycles. The Kier molecular flexibility index (Phi) is 6.37. The van der Waals surface area contributed by atoms with Crippen LogP contribution < -0.4 is 10.6 Å². The van der Waals surface area contributed by atoms with Crippen molar-refractivity contribution in [2.45, 2.75) is 33.2 Å². The van der Waals surface area contributed by atoms with Gasteiger partial charge in [-0.1, -0.05) is 29.8 Å². The summed E-state index contributed by atoms with van der Waals surface area (Å²) in [5, 5.41) is 10.8. The van der Waals surface area contributed by atoms with Crippen molar-refractivity contribution < 1.29 is 9.59 Å². The Hall–Kier alpha value is -3.45. The molecule has 7 nitrogen and oxygen atoms in total. The van der Waals surface area contributed by atoms with Crippen molar-refractivity contribution in [3.8, 4) is 0 Å². The first kappa shape index (κ1) is 21.8. The van der Waals surface area contributed by atoms with Crippen LogP contribution >= 0.6 is 11.6 Å². The highest BCUT2D eigenvalue weighted by Crippen LogP contribution is 2.30. The molecule has 0 unspecified atom stereocenters. The first-order valence-electron chi connectivity index (χ1n) is 10.4. The third-order valence-electron chi connectivity index (χ3n) is 5.35. The number of amides is 2. The van der Waals surface area contributed by atoms with Gasteiger partial charge in [-0.05, 0) is 56.5 Å². The van der Waals surface area contributed by atoms with Gasteiger partial charge >= 0.3 is 0 Å². The van der Waals surface area contributed by atoms with Crippen molar-refractivity contribution in [1.29, 1.82) is 0 Å². The molecule has 1 aliphatic carbocycles. The van der Waals surface area contributed by atoms with E-state index in [1.165, 1.54) is 12.3 Å². The zero-order chi connectivity index (χ0) is 22.7. The van der Waals surface area contributed by atoms with E-state index in [0.717, 1.165) is 35.4 Å². The van der Waals surface area contributed by atoms with Crippen LogP contribution in [0.4, 0.5) is 11.5 Å². The van der Waals surface area contributed by atoms with Gasteiger partial charge in [-0.15, -0.1) is 0 Å². The van der Waals surface area contributed by atoms with Gasteiger partial charge in [-0.2, -0.15) is 5.10 Å². The molecule has 0 aliphatic heterocycles. The highest BCUT2D eigenvalue weighted by molar-refractivity contribution is 6.31. The molecule has 2 heterocycles. The van der Waals surface area contributed by atoms with E-state index in [1.54, 1.807) is 18.2 Å². The van der Waals surface area contributed by atoms with Crippen LogP contribution in [0, 0.1) is 19.8 Å². The summed E-state index contributed by atoms with van der Waals surface area (Å²) in [6.45, 7) is 4.43. The lowest BCUT2D eigenvalue weighted by atomic mass is 10.1. The number of rotatable bonds is 7. The summed E-state index contributed by atoms with van der Waals surface area (Å²) in [5.41, 5.74) is 4.20. The number of pyridine rings is 1. The maximum atomic E-state index is 12.4. The summed E-state index contributed by atoms with van der Waals surface area (Å²) in [5.74, 6) is 0.312. The van der Waals surface area contributed by atoms with E-state index in [4.69, 9.17) is 11.6 Å². The predicted octanol–water partition coefficient (Wildman–Crippen LogP) is 4.60. The molecule has 32 heavy (non-hydrogen) atoms. The number of aryl methyl sites for hydroxylation is 1. The quantitative estimate of drug-likeness (QED) is 0.516. The van der Waals surface area contributed by atoms with Crippen LogP contribution in [-0.2, 0) is 16.1 Å². The summed E-state index contributed by atoms with van der Waals surface area (Å²) in [6, 6.07) is 11.0. The molecule has 164 valence electrons. The van der Waals surface area contributed by atoms with E-state index < -0.39 is 0 Å². The first-order valence-corrected chi connectivity index (χ1v) is 10.8. The number of carbonyl (C=O) groups is 2. The largest absolute Gasteiger partial charge is 0.321 e. The van der Waals surface area contributed by atoms with Gasteiger partial charge < -0.3 is 10.6 Å². The van der Waals surface area contributed by atoms with Crippen molar-refractivity contribution in [2.24, 2.45) is 5.92 Å². The fourth-order valence-corrected chi connectivity index (χ4v) is 3.55. The number of carbonyl (C=O) groups excluding carboxylic acids is 2. The Labute approximate surface area is 191 Å². The van der Waals surface area contributed by atoms with Crippen molar-refractivity contribution >= 4 is 41.0 Å². The Morgan fingerprint density at radius 2 is 1.94 bits per heavy atom. The normalized spacial score (nSPS) is 13.3. The second-order valence-electron chi connectivity index (χ2n) is 7.85. The van der Waals surface area contributed by atoms with E-state index in [1.807, 2.05) is 42.8 Å². The molecule has 2 N–H and O–H groups in total. The van der Waals surface area contributed by atoms with E-state index in [0.29, 0.717) is 23.1 Å². The van der Waals surface area contributed by atoms with Gasteiger partial charge in [0.15, 0.2) is 0 Å². The van der Waals surface area contributed by atoms with Gasteiger partial charge in [-0.25, -0.2) is 4.98 Å². The number of aromatic nitrogens is 3. The summed E-state index contributed by atoms with van der Waals surface area (Å²) in [7, 11) is 0. The molecule has 1 aromatic carbocycles. The lowest BCUT2D eigenvalue weighted by Crippen LogP contribution is -2.14. The summed E-state index contributed by atoms with van der Waals surface area (Å²) >= 11 is 6.27. The summed E-state index contributed by atoms with van der Waals surface area (Å²) in [4.78, 5) is 28.3. The molecule has 0 bridgehead atoms. The fourth-order valence-electron chi connectivity index (χ4n) is 3.35. The first-order chi connectivity index (χ1) is 15.4. The maximum Gasteiger partial charge on any atom is 0.248 e. The number of anilines is 2. The Morgan fingerprint density at radius 3 is 2.62 bits per heavy atom. The standard InChI is InChI=1S/C24H24ClN5O2/c1-15-20(16(2)30(29-15)14-18-5-3-4-6-21(18)25)10-12-23(31)27-19-9-11-22(26-13-19)28-24(32)17-7-8-17/h3-6,9-13,17H,7-8,14H2,1-2H3,(H,27,31)(H,26,28,32)/b12-10+. The number of nitrogens with one attached hydrogen (secondary N) is 2. The molecule has 2 amide bonds. The number of nitrogens with zero attached hydrogens (tertiary/aromatic N) is 3. The summed E-state index contributed by atoms with van der Waals surface area (Å²) < 4.78 is 1.88. The SMILES string of the molecule is Cc1nn(Cc2ccccc2Cl)c(C)c1/C=C/C(=O)Nc1ccc(NC(=O)C2CC2)nc1. The van der Waals surface area contributed by atoms with Crippen LogP contribution in [0.3, 0.4) is 0 Å². The minimum Gasteiger partial charge on any atom is -0.321 e. The van der Waals surface area contributed by atoms with E-state index >= 15 is 0 Å². The Bertz CT molecular complexity index is 1180. The van der Waals surface area contributed by atoms with E-state index in [-0.39, 0.29) is 17.7 Å². The molecule has 0 spiro atoms. The average molecular weight is 450 g/mol.